The Hall–Kier alpha value is -0.290. The van der Waals surface area contributed by atoms with Crippen molar-refractivity contribution in [3.05, 3.63) is 27.2 Å². The lowest BCUT2D eigenvalue weighted by atomic mass is 10.3. The molecule has 0 fully saturated rings. The molecule has 0 unspecified atom stereocenters. The van der Waals surface area contributed by atoms with Gasteiger partial charge in [-0.2, -0.15) is 0 Å². The first-order chi connectivity index (χ1) is 5.52. The fraction of sp³-hybridized carbons (Fsp3) is 0.167. The van der Waals surface area contributed by atoms with Crippen LogP contribution in [0.15, 0.2) is 10.7 Å². The molecule has 1 heterocycles. The number of rotatable bonds is 1. The van der Waals surface area contributed by atoms with Gasteiger partial charge in [0.05, 0.1) is 5.02 Å². The first-order valence-corrected chi connectivity index (χ1v) is 3.99. The van der Waals surface area contributed by atoms with E-state index in [-0.39, 0.29) is 9.63 Å². The molecule has 0 spiro atoms. The normalized spacial score (nSPS) is 10.8. The maximum Gasteiger partial charge on any atom is 0.283 e. The summed E-state index contributed by atoms with van der Waals surface area (Å²) < 4.78 is 36.6. The molecule has 1 aromatic rings. The van der Waals surface area contributed by atoms with Crippen molar-refractivity contribution in [2.75, 3.05) is 0 Å². The summed E-state index contributed by atoms with van der Waals surface area (Å²) in [6.45, 7) is 0. The lowest BCUT2D eigenvalue weighted by molar-refractivity contribution is 0.140. The van der Waals surface area contributed by atoms with E-state index in [4.69, 9.17) is 11.6 Å². The first kappa shape index (κ1) is 9.80. The number of alkyl halides is 2. The molecule has 0 aliphatic rings. The van der Waals surface area contributed by atoms with Gasteiger partial charge in [0, 0.05) is 0 Å². The number of aromatic nitrogens is 1. The largest absolute Gasteiger partial charge is 0.283 e. The van der Waals surface area contributed by atoms with Crippen LogP contribution in [0.1, 0.15) is 12.1 Å². The molecule has 0 N–H and O–H groups in total. The second-order valence-corrected chi connectivity index (χ2v) is 3.09. The van der Waals surface area contributed by atoms with E-state index in [2.05, 4.69) is 20.9 Å². The van der Waals surface area contributed by atoms with Crippen molar-refractivity contribution >= 4 is 27.5 Å². The van der Waals surface area contributed by atoms with E-state index in [9.17, 15) is 13.2 Å². The van der Waals surface area contributed by atoms with Gasteiger partial charge in [0.15, 0.2) is 5.82 Å². The van der Waals surface area contributed by atoms with E-state index in [1.807, 2.05) is 0 Å². The molecule has 1 nitrogen and oxygen atoms in total. The molecule has 0 aliphatic heterocycles. The summed E-state index contributed by atoms with van der Waals surface area (Å²) in [6, 6.07) is 0.792. The van der Waals surface area contributed by atoms with E-state index >= 15 is 0 Å². The van der Waals surface area contributed by atoms with Crippen LogP contribution < -0.4 is 0 Å². The van der Waals surface area contributed by atoms with Gasteiger partial charge in [0.2, 0.25) is 0 Å². The third kappa shape index (κ3) is 1.90. The number of hydrogen-bond donors (Lipinski definition) is 0. The zero-order valence-electron chi connectivity index (χ0n) is 5.49. The first-order valence-electron chi connectivity index (χ1n) is 2.82. The maximum absolute atomic E-state index is 12.6. The SMILES string of the molecule is Fc1cc(Cl)c(Br)nc1C(F)F. The molecule has 66 valence electrons. The van der Waals surface area contributed by atoms with Gasteiger partial charge in [0.25, 0.3) is 6.43 Å². The summed E-state index contributed by atoms with van der Waals surface area (Å²) >= 11 is 8.20. The summed E-state index contributed by atoms with van der Waals surface area (Å²) in [5.41, 5.74) is -0.897. The van der Waals surface area contributed by atoms with Crippen LogP contribution in [0, 0.1) is 5.82 Å². The van der Waals surface area contributed by atoms with Crippen molar-refractivity contribution < 1.29 is 13.2 Å². The molecule has 0 bridgehead atoms. The molecule has 0 saturated carbocycles. The molecule has 0 saturated heterocycles. The monoisotopic (exact) mass is 259 g/mol. The second-order valence-electron chi connectivity index (χ2n) is 1.93. The molecule has 1 aromatic heterocycles. The van der Waals surface area contributed by atoms with Crippen LogP contribution in [0.25, 0.3) is 0 Å². The predicted molar refractivity (Wildman–Crippen MR) is 41.9 cm³/mol. The Labute approximate surface area is 79.7 Å². The van der Waals surface area contributed by atoms with E-state index in [1.54, 1.807) is 0 Å². The van der Waals surface area contributed by atoms with Gasteiger partial charge in [0.1, 0.15) is 10.3 Å². The molecule has 0 atom stereocenters. The molecule has 0 amide bonds. The van der Waals surface area contributed by atoms with Crippen molar-refractivity contribution in [2.24, 2.45) is 0 Å². The summed E-state index contributed by atoms with van der Waals surface area (Å²) in [5.74, 6) is -1.10. The third-order valence-electron chi connectivity index (χ3n) is 1.12. The second kappa shape index (κ2) is 3.62. The molecule has 6 heteroatoms. The van der Waals surface area contributed by atoms with Crippen molar-refractivity contribution in [2.45, 2.75) is 6.43 Å². The van der Waals surface area contributed by atoms with Crippen molar-refractivity contribution in [1.29, 1.82) is 0 Å². The Morgan fingerprint density at radius 3 is 2.58 bits per heavy atom. The van der Waals surface area contributed by atoms with E-state index in [0.29, 0.717) is 0 Å². The highest BCUT2D eigenvalue weighted by Crippen LogP contribution is 2.27. The molecular weight excluding hydrogens is 258 g/mol. The fourth-order valence-electron chi connectivity index (χ4n) is 0.610. The lowest BCUT2D eigenvalue weighted by Crippen LogP contribution is -1.96. The highest BCUT2D eigenvalue weighted by molar-refractivity contribution is 9.10. The Morgan fingerprint density at radius 1 is 1.50 bits per heavy atom. The minimum atomic E-state index is -2.93. The fourth-order valence-corrected chi connectivity index (χ4v) is 1.05. The standard InChI is InChI=1S/C6H2BrClF3N/c7-5-2(8)1-3(9)4(12-5)6(10)11/h1,6H. The zero-order chi connectivity index (χ0) is 9.30. The van der Waals surface area contributed by atoms with Crippen LogP contribution in [0.2, 0.25) is 5.02 Å². The third-order valence-corrected chi connectivity index (χ3v) is 2.24. The van der Waals surface area contributed by atoms with Crippen molar-refractivity contribution in [1.82, 2.24) is 4.98 Å². The van der Waals surface area contributed by atoms with Crippen LogP contribution in [0.4, 0.5) is 13.2 Å². The van der Waals surface area contributed by atoms with Crippen LogP contribution in [0.5, 0.6) is 0 Å². The van der Waals surface area contributed by atoms with Gasteiger partial charge < -0.3 is 0 Å². The molecule has 0 aromatic carbocycles. The van der Waals surface area contributed by atoms with Gasteiger partial charge in [-0.3, -0.25) is 0 Å². The number of hydrogen-bond acceptors (Lipinski definition) is 1. The number of halogens is 5. The summed E-state index contributed by atoms with van der Waals surface area (Å²) in [4.78, 5) is 3.23. The maximum atomic E-state index is 12.6. The van der Waals surface area contributed by atoms with Gasteiger partial charge >= 0.3 is 0 Å². The Morgan fingerprint density at radius 2 is 2.08 bits per heavy atom. The zero-order valence-corrected chi connectivity index (χ0v) is 7.83. The summed E-state index contributed by atoms with van der Waals surface area (Å²) in [5, 5.41) is -0.0306. The van der Waals surface area contributed by atoms with Gasteiger partial charge in [-0.05, 0) is 22.0 Å². The topological polar surface area (TPSA) is 12.9 Å². The minimum Gasteiger partial charge on any atom is -0.235 e. The average Bonchev–Trinajstić information content (AvgIpc) is 1.96. The van der Waals surface area contributed by atoms with Gasteiger partial charge in [-0.1, -0.05) is 11.6 Å². The van der Waals surface area contributed by atoms with Crippen LogP contribution >= 0.6 is 27.5 Å². The lowest BCUT2D eigenvalue weighted by Gasteiger charge is -2.02. The summed E-state index contributed by atoms with van der Waals surface area (Å²) in [6.07, 6.45) is -2.93. The molecule has 0 radical (unpaired) electrons. The number of nitrogens with zero attached hydrogens (tertiary/aromatic N) is 1. The van der Waals surface area contributed by atoms with E-state index < -0.39 is 17.9 Å². The Kier molecular flexibility index (Phi) is 2.95. The van der Waals surface area contributed by atoms with Crippen molar-refractivity contribution in [3.63, 3.8) is 0 Å². The highest BCUT2D eigenvalue weighted by Gasteiger charge is 2.17. The molecule has 0 aliphatic carbocycles. The number of pyridine rings is 1. The van der Waals surface area contributed by atoms with Crippen LogP contribution in [-0.2, 0) is 0 Å². The van der Waals surface area contributed by atoms with Gasteiger partial charge in [-0.25, -0.2) is 18.2 Å². The van der Waals surface area contributed by atoms with Crippen LogP contribution in [-0.4, -0.2) is 4.98 Å². The average molecular weight is 260 g/mol. The quantitative estimate of drug-likeness (QED) is 0.703. The molecule has 1 rings (SSSR count). The Bertz CT molecular complexity index is 305. The molecular formula is C6H2BrClF3N. The Balaban J connectivity index is 3.23. The van der Waals surface area contributed by atoms with E-state index in [1.165, 1.54) is 0 Å². The smallest absolute Gasteiger partial charge is 0.235 e. The molecule has 12 heavy (non-hydrogen) atoms. The predicted octanol–water partition coefficient (Wildman–Crippen LogP) is 3.57. The minimum absolute atomic E-state index is 0.0147. The highest BCUT2D eigenvalue weighted by atomic mass is 79.9. The summed E-state index contributed by atoms with van der Waals surface area (Å²) in [7, 11) is 0. The van der Waals surface area contributed by atoms with Gasteiger partial charge in [-0.15, -0.1) is 0 Å². The van der Waals surface area contributed by atoms with E-state index in [0.717, 1.165) is 6.07 Å². The van der Waals surface area contributed by atoms with Crippen molar-refractivity contribution in [3.8, 4) is 0 Å². The van der Waals surface area contributed by atoms with Crippen LogP contribution in [0.3, 0.4) is 0 Å².